The van der Waals surface area contributed by atoms with Crippen molar-refractivity contribution < 1.29 is 18.7 Å². The number of hydrogen-bond donors (Lipinski definition) is 2. The topological polar surface area (TPSA) is 83.8 Å². The molecular weight excluding hydrogens is 322 g/mol. The van der Waals surface area contributed by atoms with Gasteiger partial charge in [0.25, 0.3) is 5.91 Å². The fraction of sp³-hybridized carbons (Fsp3) is 0.667. The van der Waals surface area contributed by atoms with Crippen LogP contribution in [0.2, 0.25) is 0 Å². The van der Waals surface area contributed by atoms with Crippen molar-refractivity contribution in [2.24, 2.45) is 0 Å². The Labute approximate surface area is 148 Å². The molecule has 3 heterocycles. The first-order valence-corrected chi connectivity index (χ1v) is 9.06. The third-order valence-corrected chi connectivity index (χ3v) is 5.09. The highest BCUT2D eigenvalue weighted by atomic mass is 16.5. The van der Waals surface area contributed by atoms with Crippen LogP contribution in [0.4, 0.5) is 0 Å². The molecule has 0 saturated carbocycles. The van der Waals surface area contributed by atoms with Crippen LogP contribution in [0.25, 0.3) is 0 Å². The number of ether oxygens (including phenoxy) is 1. The molecule has 2 saturated heterocycles. The summed E-state index contributed by atoms with van der Waals surface area (Å²) in [7, 11) is 0. The van der Waals surface area contributed by atoms with E-state index in [1.807, 2.05) is 6.92 Å². The first kappa shape index (κ1) is 17.9. The van der Waals surface area contributed by atoms with Gasteiger partial charge in [-0.15, -0.1) is 0 Å². The van der Waals surface area contributed by atoms with Crippen LogP contribution < -0.4 is 10.6 Å². The lowest BCUT2D eigenvalue weighted by Gasteiger charge is -2.34. The molecule has 1 aromatic heterocycles. The van der Waals surface area contributed by atoms with Gasteiger partial charge in [0, 0.05) is 38.4 Å². The van der Waals surface area contributed by atoms with E-state index in [0.29, 0.717) is 36.9 Å². The highest BCUT2D eigenvalue weighted by molar-refractivity contribution is 5.95. The normalized spacial score (nSPS) is 25.0. The molecule has 0 unspecified atom stereocenters. The van der Waals surface area contributed by atoms with Gasteiger partial charge in [0.15, 0.2) is 0 Å². The van der Waals surface area contributed by atoms with E-state index in [1.165, 1.54) is 6.26 Å². The maximum atomic E-state index is 12.5. The van der Waals surface area contributed by atoms with E-state index >= 15 is 0 Å². The van der Waals surface area contributed by atoms with Gasteiger partial charge < -0.3 is 19.8 Å². The molecule has 0 bridgehead atoms. The summed E-state index contributed by atoms with van der Waals surface area (Å²) >= 11 is 0. The summed E-state index contributed by atoms with van der Waals surface area (Å²) in [5.41, 5.74) is 0.555. The summed E-state index contributed by atoms with van der Waals surface area (Å²) in [6, 6.07) is 1.77. The number of hydrogen-bond acceptors (Lipinski definition) is 5. The van der Waals surface area contributed by atoms with Gasteiger partial charge in [-0.05, 0) is 39.2 Å². The summed E-state index contributed by atoms with van der Waals surface area (Å²) in [5.74, 6) is 0.516. The Morgan fingerprint density at radius 1 is 1.32 bits per heavy atom. The molecule has 2 amide bonds. The number of nitrogens with zero attached hydrogens (tertiary/aromatic N) is 1. The summed E-state index contributed by atoms with van der Waals surface area (Å²) < 4.78 is 10.7. The number of amides is 2. The van der Waals surface area contributed by atoms with Crippen LogP contribution >= 0.6 is 0 Å². The van der Waals surface area contributed by atoms with Gasteiger partial charge in [0.2, 0.25) is 5.91 Å². The molecule has 1 aromatic rings. The van der Waals surface area contributed by atoms with Crippen LogP contribution in [0.3, 0.4) is 0 Å². The van der Waals surface area contributed by atoms with Crippen molar-refractivity contribution >= 4 is 11.8 Å². The van der Waals surface area contributed by atoms with E-state index < -0.39 is 0 Å². The Kier molecular flexibility index (Phi) is 5.75. The second-order valence-electron chi connectivity index (χ2n) is 6.75. The summed E-state index contributed by atoms with van der Waals surface area (Å²) in [4.78, 5) is 27.2. The zero-order valence-corrected chi connectivity index (χ0v) is 14.9. The monoisotopic (exact) mass is 349 g/mol. The number of aryl methyl sites for hydroxylation is 1. The maximum absolute atomic E-state index is 12.5. The first-order valence-electron chi connectivity index (χ1n) is 9.06. The van der Waals surface area contributed by atoms with Crippen LogP contribution in [0.5, 0.6) is 0 Å². The molecule has 2 N–H and O–H groups in total. The number of carbonyl (C=O) groups excluding carboxylic acids is 2. The van der Waals surface area contributed by atoms with Crippen LogP contribution in [0.15, 0.2) is 16.7 Å². The van der Waals surface area contributed by atoms with Gasteiger partial charge in [-0.2, -0.15) is 0 Å². The van der Waals surface area contributed by atoms with Crippen LogP contribution in [0.1, 0.15) is 42.3 Å². The van der Waals surface area contributed by atoms with Gasteiger partial charge in [-0.25, -0.2) is 0 Å². The molecule has 3 rings (SSSR count). The van der Waals surface area contributed by atoms with Crippen molar-refractivity contribution in [2.45, 2.75) is 51.2 Å². The zero-order valence-electron chi connectivity index (χ0n) is 14.9. The Balaban J connectivity index is 1.68. The molecule has 25 heavy (non-hydrogen) atoms. The molecule has 2 fully saturated rings. The lowest BCUT2D eigenvalue weighted by atomic mass is 10.1. The number of carbonyl (C=O) groups is 2. The number of likely N-dealkylation sites (tertiary alicyclic amines) is 1. The Hall–Kier alpha value is -1.86. The van der Waals surface area contributed by atoms with Crippen molar-refractivity contribution in [2.75, 3.05) is 26.3 Å². The van der Waals surface area contributed by atoms with E-state index in [4.69, 9.17) is 9.15 Å². The SMILES string of the molecule is CCNC(=O)[C@@H]1C[C@H](NC(=O)c2ccoc2C)CN1C1CCOCC1. The lowest BCUT2D eigenvalue weighted by Crippen LogP contribution is -2.49. The zero-order chi connectivity index (χ0) is 17.8. The number of nitrogens with one attached hydrogen (secondary N) is 2. The van der Waals surface area contributed by atoms with E-state index in [9.17, 15) is 9.59 Å². The number of likely N-dealkylation sites (N-methyl/N-ethyl adjacent to an activating group) is 1. The van der Waals surface area contributed by atoms with Crippen molar-refractivity contribution in [1.29, 1.82) is 0 Å². The molecular formula is C18H27N3O4. The minimum atomic E-state index is -0.196. The van der Waals surface area contributed by atoms with E-state index in [2.05, 4.69) is 15.5 Å². The molecule has 7 nitrogen and oxygen atoms in total. The molecule has 0 aliphatic carbocycles. The third kappa shape index (κ3) is 4.04. The van der Waals surface area contributed by atoms with Gasteiger partial charge in [0.05, 0.1) is 17.9 Å². The van der Waals surface area contributed by atoms with Crippen molar-refractivity contribution in [3.63, 3.8) is 0 Å². The fourth-order valence-corrected chi connectivity index (χ4v) is 3.82. The second kappa shape index (κ2) is 8.01. The fourth-order valence-electron chi connectivity index (χ4n) is 3.82. The Morgan fingerprint density at radius 3 is 2.72 bits per heavy atom. The van der Waals surface area contributed by atoms with Crippen LogP contribution in [0, 0.1) is 6.92 Å². The predicted molar refractivity (Wildman–Crippen MR) is 92.3 cm³/mol. The molecule has 2 aliphatic heterocycles. The van der Waals surface area contributed by atoms with Gasteiger partial charge in [0.1, 0.15) is 5.76 Å². The molecule has 138 valence electrons. The lowest BCUT2D eigenvalue weighted by molar-refractivity contribution is -0.126. The molecule has 7 heteroatoms. The van der Waals surface area contributed by atoms with E-state index in [1.54, 1.807) is 13.0 Å². The summed E-state index contributed by atoms with van der Waals surface area (Å²) in [5, 5.41) is 5.99. The van der Waals surface area contributed by atoms with Crippen LogP contribution in [-0.4, -0.2) is 61.1 Å². The molecule has 2 atom stereocenters. The minimum absolute atomic E-state index is 0.0442. The summed E-state index contributed by atoms with van der Waals surface area (Å²) in [6.45, 7) is 6.46. The molecule has 2 aliphatic rings. The number of furan rings is 1. The highest BCUT2D eigenvalue weighted by Crippen LogP contribution is 2.26. The Morgan fingerprint density at radius 2 is 2.08 bits per heavy atom. The number of rotatable bonds is 5. The molecule has 0 spiro atoms. The van der Waals surface area contributed by atoms with Crippen molar-refractivity contribution in [1.82, 2.24) is 15.5 Å². The largest absolute Gasteiger partial charge is 0.469 e. The predicted octanol–water partition coefficient (Wildman–Crippen LogP) is 1.08. The van der Waals surface area contributed by atoms with Gasteiger partial charge in [-0.3, -0.25) is 14.5 Å². The van der Waals surface area contributed by atoms with Crippen molar-refractivity contribution in [3.05, 3.63) is 23.7 Å². The quantitative estimate of drug-likeness (QED) is 0.831. The highest BCUT2D eigenvalue weighted by Gasteiger charge is 2.41. The van der Waals surface area contributed by atoms with Gasteiger partial charge in [-0.1, -0.05) is 0 Å². The Bertz CT molecular complexity index is 609. The maximum Gasteiger partial charge on any atom is 0.255 e. The van der Waals surface area contributed by atoms with Crippen LogP contribution in [-0.2, 0) is 9.53 Å². The average molecular weight is 349 g/mol. The standard InChI is InChI=1S/C18H27N3O4/c1-3-19-18(23)16-10-13(11-21(16)14-4-7-24-8-5-14)20-17(22)15-6-9-25-12(15)2/h6,9,13-14,16H,3-5,7-8,10-11H2,1-2H3,(H,19,23)(H,20,22)/t13-,16-/m0/s1. The molecule has 0 aromatic carbocycles. The third-order valence-electron chi connectivity index (χ3n) is 5.09. The average Bonchev–Trinajstić information content (AvgIpc) is 3.22. The molecule has 0 radical (unpaired) electrons. The first-order chi connectivity index (χ1) is 12.1. The smallest absolute Gasteiger partial charge is 0.255 e. The minimum Gasteiger partial charge on any atom is -0.469 e. The van der Waals surface area contributed by atoms with E-state index in [-0.39, 0.29) is 23.9 Å². The summed E-state index contributed by atoms with van der Waals surface area (Å²) in [6.07, 6.45) is 4.01. The van der Waals surface area contributed by atoms with Gasteiger partial charge >= 0.3 is 0 Å². The van der Waals surface area contributed by atoms with E-state index in [0.717, 1.165) is 26.1 Å². The second-order valence-corrected chi connectivity index (χ2v) is 6.75. The van der Waals surface area contributed by atoms with Crippen molar-refractivity contribution in [3.8, 4) is 0 Å².